The summed E-state index contributed by atoms with van der Waals surface area (Å²) in [7, 11) is 0. The van der Waals surface area contributed by atoms with Crippen LogP contribution in [0.5, 0.6) is 5.75 Å². The molecular formula is C14H18N2OS. The summed E-state index contributed by atoms with van der Waals surface area (Å²) in [4.78, 5) is 0.975. The maximum atomic E-state index is 9.24. The molecule has 1 aliphatic rings. The molecule has 1 aromatic rings. The normalized spacial score (nSPS) is 23.4. The van der Waals surface area contributed by atoms with Gasteiger partial charge in [-0.05, 0) is 44.1 Å². The van der Waals surface area contributed by atoms with Crippen LogP contribution >= 0.6 is 11.8 Å². The molecule has 2 N–H and O–H groups in total. The van der Waals surface area contributed by atoms with Crippen molar-refractivity contribution in [1.29, 1.82) is 5.26 Å². The molecule has 4 heteroatoms. The van der Waals surface area contributed by atoms with Crippen LogP contribution in [0.1, 0.15) is 31.2 Å². The summed E-state index contributed by atoms with van der Waals surface area (Å²) in [5.41, 5.74) is 6.53. The standard InChI is InChI=1S/C14H18N2OS/c1-18-14-4-2-3-13(12(14)9-15)17-11-7-5-10(16)6-8-11/h2-4,10-11H,5-8,16H2,1H3. The van der Waals surface area contributed by atoms with Gasteiger partial charge in [0.2, 0.25) is 0 Å². The lowest BCUT2D eigenvalue weighted by molar-refractivity contribution is 0.146. The van der Waals surface area contributed by atoms with E-state index in [4.69, 9.17) is 10.5 Å². The van der Waals surface area contributed by atoms with Gasteiger partial charge in [-0.1, -0.05) is 6.07 Å². The van der Waals surface area contributed by atoms with Gasteiger partial charge in [0.25, 0.3) is 0 Å². The first-order valence-corrected chi connectivity index (χ1v) is 7.46. The van der Waals surface area contributed by atoms with E-state index in [1.165, 1.54) is 0 Å². The first-order valence-electron chi connectivity index (χ1n) is 6.24. The highest BCUT2D eigenvalue weighted by atomic mass is 32.2. The second-order valence-corrected chi connectivity index (χ2v) is 5.45. The van der Waals surface area contributed by atoms with Crippen molar-refractivity contribution >= 4 is 11.8 Å². The zero-order valence-electron chi connectivity index (χ0n) is 10.6. The molecular weight excluding hydrogens is 244 g/mol. The summed E-state index contributed by atoms with van der Waals surface area (Å²) in [5.74, 6) is 0.713. The van der Waals surface area contributed by atoms with Gasteiger partial charge in [-0.15, -0.1) is 11.8 Å². The molecule has 2 rings (SSSR count). The summed E-state index contributed by atoms with van der Waals surface area (Å²) in [6.07, 6.45) is 6.16. The molecule has 3 nitrogen and oxygen atoms in total. The number of benzene rings is 1. The largest absolute Gasteiger partial charge is 0.489 e. The van der Waals surface area contributed by atoms with Crippen LogP contribution in [0.4, 0.5) is 0 Å². The second-order valence-electron chi connectivity index (χ2n) is 4.60. The SMILES string of the molecule is CSc1cccc(OC2CCC(N)CC2)c1C#N. The van der Waals surface area contributed by atoms with Crippen molar-refractivity contribution < 1.29 is 4.74 Å². The highest BCUT2D eigenvalue weighted by Gasteiger charge is 2.21. The van der Waals surface area contributed by atoms with E-state index in [1.807, 2.05) is 24.5 Å². The second kappa shape index (κ2) is 6.12. The van der Waals surface area contributed by atoms with Crippen LogP contribution in [0, 0.1) is 11.3 Å². The number of nitrogens with two attached hydrogens (primary N) is 1. The molecule has 1 aliphatic carbocycles. The molecule has 0 amide bonds. The van der Waals surface area contributed by atoms with Crippen LogP contribution in [-0.2, 0) is 0 Å². The van der Waals surface area contributed by atoms with E-state index in [0.717, 1.165) is 30.6 Å². The predicted molar refractivity (Wildman–Crippen MR) is 73.8 cm³/mol. The molecule has 0 aliphatic heterocycles. The highest BCUT2D eigenvalue weighted by molar-refractivity contribution is 7.98. The minimum atomic E-state index is 0.203. The van der Waals surface area contributed by atoms with Gasteiger partial charge in [-0.2, -0.15) is 5.26 Å². The molecule has 0 bridgehead atoms. The average Bonchev–Trinajstić information content (AvgIpc) is 2.41. The summed E-state index contributed by atoms with van der Waals surface area (Å²) in [6, 6.07) is 8.33. The van der Waals surface area contributed by atoms with E-state index in [2.05, 4.69) is 6.07 Å². The Morgan fingerprint density at radius 2 is 2.06 bits per heavy atom. The zero-order chi connectivity index (χ0) is 13.0. The Balaban J connectivity index is 2.12. The third kappa shape index (κ3) is 2.98. The van der Waals surface area contributed by atoms with Crippen LogP contribution in [0.25, 0.3) is 0 Å². The number of hydrogen-bond acceptors (Lipinski definition) is 4. The Hall–Kier alpha value is -1.18. The van der Waals surface area contributed by atoms with Crippen LogP contribution in [0.15, 0.2) is 23.1 Å². The number of nitriles is 1. The molecule has 0 aromatic heterocycles. The van der Waals surface area contributed by atoms with Gasteiger partial charge >= 0.3 is 0 Å². The van der Waals surface area contributed by atoms with Crippen LogP contribution < -0.4 is 10.5 Å². The first-order chi connectivity index (χ1) is 8.74. The lowest BCUT2D eigenvalue weighted by Gasteiger charge is -2.27. The quantitative estimate of drug-likeness (QED) is 0.851. The summed E-state index contributed by atoms with van der Waals surface area (Å²) >= 11 is 1.57. The molecule has 0 spiro atoms. The minimum absolute atomic E-state index is 0.203. The molecule has 1 saturated carbocycles. The van der Waals surface area contributed by atoms with E-state index >= 15 is 0 Å². The number of hydrogen-bond donors (Lipinski definition) is 1. The minimum Gasteiger partial charge on any atom is -0.489 e. The molecule has 1 fully saturated rings. The summed E-state index contributed by atoms with van der Waals surface area (Å²) in [6.45, 7) is 0. The maximum absolute atomic E-state index is 9.24. The molecule has 18 heavy (non-hydrogen) atoms. The number of thioether (sulfide) groups is 1. The molecule has 0 atom stereocenters. The van der Waals surface area contributed by atoms with Crippen molar-refractivity contribution in [3.05, 3.63) is 23.8 Å². The fraction of sp³-hybridized carbons (Fsp3) is 0.500. The van der Waals surface area contributed by atoms with E-state index in [9.17, 15) is 5.26 Å². The molecule has 0 heterocycles. The zero-order valence-corrected chi connectivity index (χ0v) is 11.4. The van der Waals surface area contributed by atoms with Gasteiger partial charge in [0.15, 0.2) is 0 Å². The van der Waals surface area contributed by atoms with Gasteiger partial charge in [0.05, 0.1) is 6.10 Å². The predicted octanol–water partition coefficient (Wildman–Crippen LogP) is 2.93. The van der Waals surface area contributed by atoms with E-state index in [-0.39, 0.29) is 6.10 Å². The van der Waals surface area contributed by atoms with E-state index in [0.29, 0.717) is 17.4 Å². The van der Waals surface area contributed by atoms with Crippen molar-refractivity contribution in [3.63, 3.8) is 0 Å². The lowest BCUT2D eigenvalue weighted by atomic mass is 9.93. The lowest BCUT2D eigenvalue weighted by Crippen LogP contribution is -2.31. The third-order valence-electron chi connectivity index (χ3n) is 3.33. The van der Waals surface area contributed by atoms with Gasteiger partial charge < -0.3 is 10.5 Å². The molecule has 0 saturated heterocycles. The van der Waals surface area contributed by atoms with Crippen LogP contribution in [0.2, 0.25) is 0 Å². The van der Waals surface area contributed by atoms with Crippen molar-refractivity contribution in [3.8, 4) is 11.8 Å². The first kappa shape index (κ1) is 13.3. The van der Waals surface area contributed by atoms with Crippen molar-refractivity contribution in [2.24, 2.45) is 5.73 Å². The Morgan fingerprint density at radius 1 is 1.33 bits per heavy atom. The number of rotatable bonds is 3. The van der Waals surface area contributed by atoms with Crippen LogP contribution in [-0.4, -0.2) is 18.4 Å². The summed E-state index contributed by atoms with van der Waals surface area (Å²) < 4.78 is 5.98. The van der Waals surface area contributed by atoms with E-state index in [1.54, 1.807) is 11.8 Å². The van der Waals surface area contributed by atoms with E-state index < -0.39 is 0 Å². The Labute approximate surface area is 112 Å². The fourth-order valence-electron chi connectivity index (χ4n) is 2.28. The third-order valence-corrected chi connectivity index (χ3v) is 4.11. The van der Waals surface area contributed by atoms with Crippen molar-refractivity contribution in [1.82, 2.24) is 0 Å². The maximum Gasteiger partial charge on any atom is 0.138 e. The molecule has 0 radical (unpaired) electrons. The fourth-order valence-corrected chi connectivity index (χ4v) is 2.84. The Bertz CT molecular complexity index is 448. The highest BCUT2D eigenvalue weighted by Crippen LogP contribution is 2.30. The molecule has 96 valence electrons. The van der Waals surface area contributed by atoms with Gasteiger partial charge in [-0.25, -0.2) is 0 Å². The topological polar surface area (TPSA) is 59.0 Å². The number of ether oxygens (including phenoxy) is 1. The Kier molecular flexibility index (Phi) is 4.51. The van der Waals surface area contributed by atoms with Gasteiger partial charge in [-0.3, -0.25) is 0 Å². The molecule has 1 aromatic carbocycles. The Morgan fingerprint density at radius 3 is 2.67 bits per heavy atom. The van der Waals surface area contributed by atoms with Crippen molar-refractivity contribution in [2.75, 3.05) is 6.26 Å². The van der Waals surface area contributed by atoms with Crippen LogP contribution in [0.3, 0.4) is 0 Å². The average molecular weight is 262 g/mol. The van der Waals surface area contributed by atoms with Crippen molar-refractivity contribution in [2.45, 2.75) is 42.7 Å². The van der Waals surface area contributed by atoms with Gasteiger partial charge in [0, 0.05) is 10.9 Å². The smallest absolute Gasteiger partial charge is 0.138 e. The molecule has 0 unspecified atom stereocenters. The summed E-state index contributed by atoms with van der Waals surface area (Å²) in [5, 5.41) is 9.24. The monoisotopic (exact) mass is 262 g/mol. The number of nitrogens with zero attached hydrogens (tertiary/aromatic N) is 1. The van der Waals surface area contributed by atoms with Gasteiger partial charge in [0.1, 0.15) is 17.4 Å².